The van der Waals surface area contributed by atoms with Crippen LogP contribution < -0.4 is 10.1 Å². The van der Waals surface area contributed by atoms with Crippen molar-refractivity contribution in [1.82, 2.24) is 4.98 Å². The van der Waals surface area contributed by atoms with E-state index in [1.54, 1.807) is 0 Å². The highest BCUT2D eigenvalue weighted by Crippen LogP contribution is 2.47. The third-order valence-corrected chi connectivity index (χ3v) is 7.13. The Bertz CT molecular complexity index is 1160. The molecule has 7 nitrogen and oxygen atoms in total. The van der Waals surface area contributed by atoms with Gasteiger partial charge in [-0.25, -0.2) is 27.0 Å². The number of hydrogen-bond acceptors (Lipinski definition) is 7. The Morgan fingerprint density at radius 3 is 2.29 bits per heavy atom. The number of nitrogens with one attached hydrogen (secondary N) is 1. The maximum absolute atomic E-state index is 13.7. The van der Waals surface area contributed by atoms with Crippen LogP contribution in [0.1, 0.15) is 34.0 Å². The molecule has 0 aliphatic heterocycles. The van der Waals surface area contributed by atoms with Gasteiger partial charge >= 0.3 is 18.1 Å². The number of anilines is 1. The fraction of sp³-hybridized carbons (Fsp3) is 0.444. The van der Waals surface area contributed by atoms with Gasteiger partial charge in [-0.05, 0) is 11.6 Å². The number of thiophene rings is 1. The number of pyridine rings is 1. The summed E-state index contributed by atoms with van der Waals surface area (Å²) in [5.74, 6) is -11.5. The van der Waals surface area contributed by atoms with Gasteiger partial charge in [0.05, 0.1) is 16.8 Å². The van der Waals surface area contributed by atoms with Crippen molar-refractivity contribution in [3.63, 3.8) is 0 Å². The van der Waals surface area contributed by atoms with E-state index in [4.69, 9.17) is 4.74 Å². The predicted octanol–water partition coefficient (Wildman–Crippen LogP) is 4.94. The van der Waals surface area contributed by atoms with Crippen LogP contribution in [0.4, 0.5) is 36.6 Å². The van der Waals surface area contributed by atoms with Crippen LogP contribution in [0.5, 0.6) is 5.75 Å². The molecule has 2 heterocycles. The van der Waals surface area contributed by atoms with Crippen LogP contribution in [0.15, 0.2) is 23.2 Å². The average molecular weight is 538 g/mol. The molecule has 0 aliphatic carbocycles. The minimum absolute atomic E-state index is 0.277. The Kier molecular flexibility index (Phi) is 7.77. The van der Waals surface area contributed by atoms with E-state index in [1.165, 1.54) is 6.92 Å². The Morgan fingerprint density at radius 2 is 1.79 bits per heavy atom. The summed E-state index contributed by atoms with van der Waals surface area (Å²) in [4.78, 5) is 12.2. The van der Waals surface area contributed by atoms with Crippen LogP contribution in [0.2, 0.25) is 0 Å². The molecule has 0 radical (unpaired) electrons. The molecule has 0 bridgehead atoms. The maximum atomic E-state index is 13.7. The van der Waals surface area contributed by atoms with Gasteiger partial charge in [-0.15, -0.1) is 11.3 Å². The molecule has 34 heavy (non-hydrogen) atoms. The summed E-state index contributed by atoms with van der Waals surface area (Å²) in [6, 6.07) is 1.23. The number of nitrogens with zero attached hydrogens (tertiary/aromatic N) is 1. The molecular weight excluding hydrogens is 521 g/mol. The number of alkyl halides is 7. The van der Waals surface area contributed by atoms with E-state index in [9.17, 15) is 49.1 Å². The molecule has 16 heteroatoms. The smallest absolute Gasteiger partial charge is 0.458 e. The van der Waals surface area contributed by atoms with Gasteiger partial charge in [0, 0.05) is 19.5 Å². The maximum Gasteiger partial charge on any atom is 0.458 e. The van der Waals surface area contributed by atoms with E-state index in [2.05, 4.69) is 10.3 Å². The van der Waals surface area contributed by atoms with Gasteiger partial charge in [0.2, 0.25) is 0 Å². The molecule has 0 atom stereocenters. The first-order valence-corrected chi connectivity index (χ1v) is 11.6. The van der Waals surface area contributed by atoms with Crippen LogP contribution in [-0.2, 0) is 22.3 Å². The van der Waals surface area contributed by atoms with Crippen molar-refractivity contribution in [1.29, 1.82) is 0 Å². The van der Waals surface area contributed by atoms with Gasteiger partial charge in [0.15, 0.2) is 16.4 Å². The molecule has 0 spiro atoms. The van der Waals surface area contributed by atoms with Gasteiger partial charge in [-0.2, -0.15) is 22.0 Å². The highest BCUT2D eigenvalue weighted by Gasteiger charge is 2.60. The number of carboxylic acid groups (broad SMARTS) is 1. The van der Waals surface area contributed by atoms with Crippen LogP contribution in [0, 0.1) is 0 Å². The molecule has 0 unspecified atom stereocenters. The highest BCUT2D eigenvalue weighted by atomic mass is 32.2. The molecule has 0 amide bonds. The molecule has 0 aliphatic rings. The molecule has 2 aromatic rings. The molecule has 0 aromatic carbocycles. The van der Waals surface area contributed by atoms with Crippen molar-refractivity contribution < 1.29 is 53.8 Å². The van der Waals surface area contributed by atoms with Crippen molar-refractivity contribution >= 4 is 33.0 Å². The quantitative estimate of drug-likeness (QED) is 0.413. The Hall–Kier alpha value is -2.62. The summed E-state index contributed by atoms with van der Waals surface area (Å²) in [5, 5.41) is 11.6. The van der Waals surface area contributed by atoms with E-state index < -0.39 is 78.8 Å². The summed E-state index contributed by atoms with van der Waals surface area (Å²) < 4.78 is 121. The number of carbonyl (C=O) groups is 1. The Labute approximate surface area is 192 Å². The standard InChI is InChI=1S/C18H17F7N2O5S2/c1-3-34(30,31)11-5-10(32-8-16(2,19)20)7-27-14(11)26-6-9-4-12(33-13(9)15(28)29)17(21,22)18(23,24)25/h4-5,7H,3,6,8H2,1-2H3,(H,26,27)(H,28,29). The van der Waals surface area contributed by atoms with Crippen LogP contribution in [0.25, 0.3) is 0 Å². The molecule has 0 saturated carbocycles. The van der Waals surface area contributed by atoms with E-state index in [-0.39, 0.29) is 17.1 Å². The van der Waals surface area contributed by atoms with E-state index in [0.29, 0.717) is 13.0 Å². The Morgan fingerprint density at radius 1 is 1.18 bits per heavy atom. The minimum atomic E-state index is -5.96. The summed E-state index contributed by atoms with van der Waals surface area (Å²) in [6.45, 7) is 0.0654. The highest BCUT2D eigenvalue weighted by molar-refractivity contribution is 7.91. The zero-order valence-corrected chi connectivity index (χ0v) is 19.0. The zero-order chi connectivity index (χ0) is 26.1. The third-order valence-electron chi connectivity index (χ3n) is 4.15. The van der Waals surface area contributed by atoms with Gasteiger partial charge in [0.25, 0.3) is 5.92 Å². The third kappa shape index (κ3) is 6.28. The second-order valence-electron chi connectivity index (χ2n) is 6.98. The first kappa shape index (κ1) is 27.6. The topological polar surface area (TPSA) is 106 Å². The number of aromatic nitrogens is 1. The lowest BCUT2D eigenvalue weighted by Crippen LogP contribution is -2.32. The normalized spacial score (nSPS) is 13.1. The van der Waals surface area contributed by atoms with Crippen molar-refractivity contribution in [3.05, 3.63) is 33.6 Å². The van der Waals surface area contributed by atoms with Crippen molar-refractivity contribution in [3.8, 4) is 5.75 Å². The van der Waals surface area contributed by atoms with Crippen LogP contribution >= 0.6 is 11.3 Å². The number of carboxylic acids is 1. The molecular formula is C18H17F7N2O5S2. The molecule has 0 saturated heterocycles. The lowest BCUT2D eigenvalue weighted by molar-refractivity contribution is -0.287. The predicted molar refractivity (Wildman–Crippen MR) is 107 cm³/mol. The van der Waals surface area contributed by atoms with Crippen molar-refractivity contribution in [2.75, 3.05) is 17.7 Å². The monoisotopic (exact) mass is 538 g/mol. The number of ether oxygens (including phenoxy) is 1. The Balaban J connectivity index is 2.42. The number of aromatic carboxylic acids is 1. The number of sulfone groups is 1. The SMILES string of the molecule is CCS(=O)(=O)c1cc(OCC(C)(F)F)cnc1NCc1cc(C(F)(F)C(F)(F)F)sc1C(=O)O. The number of hydrogen-bond donors (Lipinski definition) is 2. The van der Waals surface area contributed by atoms with Gasteiger partial charge in [-0.3, -0.25) is 0 Å². The summed E-state index contributed by atoms with van der Waals surface area (Å²) >= 11 is -0.277. The summed E-state index contributed by atoms with van der Waals surface area (Å²) in [5.41, 5.74) is -0.482. The molecule has 2 N–H and O–H groups in total. The van der Waals surface area contributed by atoms with Crippen LogP contribution in [-0.4, -0.2) is 48.9 Å². The summed E-state index contributed by atoms with van der Waals surface area (Å²) in [7, 11) is -4.05. The second kappa shape index (κ2) is 9.56. The average Bonchev–Trinajstić information content (AvgIpc) is 3.15. The van der Waals surface area contributed by atoms with E-state index in [1.807, 2.05) is 0 Å². The molecule has 190 valence electrons. The first-order chi connectivity index (χ1) is 15.4. The van der Waals surface area contributed by atoms with E-state index in [0.717, 1.165) is 12.3 Å². The van der Waals surface area contributed by atoms with Crippen molar-refractivity contribution in [2.45, 2.75) is 43.3 Å². The lowest BCUT2D eigenvalue weighted by atomic mass is 10.2. The van der Waals surface area contributed by atoms with Crippen molar-refractivity contribution in [2.24, 2.45) is 0 Å². The first-order valence-electron chi connectivity index (χ1n) is 9.17. The van der Waals surface area contributed by atoms with E-state index >= 15 is 0 Å². The number of halogens is 7. The molecule has 0 fully saturated rings. The molecule has 2 rings (SSSR count). The van der Waals surface area contributed by atoms with Crippen LogP contribution in [0.3, 0.4) is 0 Å². The number of rotatable bonds is 10. The lowest BCUT2D eigenvalue weighted by Gasteiger charge is -2.17. The minimum Gasteiger partial charge on any atom is -0.486 e. The molecule has 2 aromatic heterocycles. The fourth-order valence-corrected chi connectivity index (χ4v) is 4.50. The zero-order valence-electron chi connectivity index (χ0n) is 17.3. The van der Waals surface area contributed by atoms with Gasteiger partial charge in [0.1, 0.15) is 21.3 Å². The van der Waals surface area contributed by atoms with Gasteiger partial charge in [-0.1, -0.05) is 6.92 Å². The van der Waals surface area contributed by atoms with Gasteiger partial charge < -0.3 is 15.2 Å². The summed E-state index contributed by atoms with van der Waals surface area (Å²) in [6.07, 6.45) is -5.08. The largest absolute Gasteiger partial charge is 0.486 e. The second-order valence-corrected chi connectivity index (χ2v) is 10.3. The fourth-order valence-electron chi connectivity index (χ4n) is 2.46.